The van der Waals surface area contributed by atoms with Gasteiger partial charge in [-0.25, -0.2) is 8.42 Å². The third-order valence-corrected chi connectivity index (χ3v) is 7.04. The van der Waals surface area contributed by atoms with Gasteiger partial charge in [0.2, 0.25) is 15.9 Å². The SMILES string of the molecule is CCN(Cc1ccc(OC)c(OC)c1)S(=O)(=O)c1ccc2c(c1)CCN2C(C)=O. The van der Waals surface area contributed by atoms with Gasteiger partial charge in [0.25, 0.3) is 0 Å². The lowest BCUT2D eigenvalue weighted by Gasteiger charge is -2.22. The molecule has 1 heterocycles. The standard InChI is InChI=1S/C21H26N2O5S/c1-5-22(14-16-6-9-20(27-3)21(12-16)28-4)29(25,26)18-7-8-19-17(13-18)10-11-23(19)15(2)24/h6-9,12-13H,5,10-11,14H2,1-4H3. The van der Waals surface area contributed by atoms with Crippen LogP contribution in [0.1, 0.15) is 25.0 Å². The second-order valence-electron chi connectivity index (χ2n) is 6.83. The number of nitrogens with zero attached hydrogens (tertiary/aromatic N) is 2. The number of hydrogen-bond acceptors (Lipinski definition) is 5. The molecule has 0 aliphatic carbocycles. The number of benzene rings is 2. The van der Waals surface area contributed by atoms with Gasteiger partial charge in [-0.1, -0.05) is 13.0 Å². The Labute approximate surface area is 171 Å². The Morgan fingerprint density at radius 1 is 1.10 bits per heavy atom. The Bertz CT molecular complexity index is 1020. The lowest BCUT2D eigenvalue weighted by molar-refractivity contribution is -0.116. The predicted octanol–water partition coefficient (Wildman–Crippen LogP) is 2.82. The van der Waals surface area contributed by atoms with E-state index in [2.05, 4.69) is 0 Å². The monoisotopic (exact) mass is 418 g/mol. The number of hydrogen-bond donors (Lipinski definition) is 0. The second-order valence-corrected chi connectivity index (χ2v) is 8.77. The van der Waals surface area contributed by atoms with Crippen molar-refractivity contribution < 1.29 is 22.7 Å². The number of rotatable bonds is 7. The predicted molar refractivity (Wildman–Crippen MR) is 111 cm³/mol. The number of sulfonamides is 1. The first-order valence-electron chi connectivity index (χ1n) is 9.44. The van der Waals surface area contributed by atoms with Gasteiger partial charge in [0, 0.05) is 32.2 Å². The molecule has 0 bridgehead atoms. The van der Waals surface area contributed by atoms with Crippen molar-refractivity contribution in [3.05, 3.63) is 47.5 Å². The molecule has 1 aliphatic rings. The van der Waals surface area contributed by atoms with Crippen LogP contribution in [0.2, 0.25) is 0 Å². The maximum absolute atomic E-state index is 13.3. The zero-order valence-electron chi connectivity index (χ0n) is 17.1. The molecule has 0 saturated heterocycles. The molecule has 0 unspecified atom stereocenters. The fourth-order valence-electron chi connectivity index (χ4n) is 3.56. The summed E-state index contributed by atoms with van der Waals surface area (Å²) in [7, 11) is -0.583. The van der Waals surface area contributed by atoms with Crippen molar-refractivity contribution in [2.75, 3.05) is 32.2 Å². The average Bonchev–Trinajstić information content (AvgIpc) is 3.15. The number of carbonyl (C=O) groups is 1. The molecule has 0 aromatic heterocycles. The summed E-state index contributed by atoms with van der Waals surface area (Å²) < 4.78 is 38.5. The molecule has 3 rings (SSSR count). The van der Waals surface area contributed by atoms with Gasteiger partial charge in [0.1, 0.15) is 0 Å². The first kappa shape index (κ1) is 21.1. The maximum Gasteiger partial charge on any atom is 0.243 e. The van der Waals surface area contributed by atoms with Crippen LogP contribution in [0.25, 0.3) is 0 Å². The minimum atomic E-state index is -3.69. The first-order chi connectivity index (χ1) is 13.8. The maximum atomic E-state index is 13.3. The molecule has 0 N–H and O–H groups in total. The molecule has 8 heteroatoms. The van der Waals surface area contributed by atoms with E-state index < -0.39 is 10.0 Å². The summed E-state index contributed by atoms with van der Waals surface area (Å²) in [5.41, 5.74) is 2.47. The lowest BCUT2D eigenvalue weighted by Crippen LogP contribution is -2.30. The number of anilines is 1. The van der Waals surface area contributed by atoms with E-state index in [1.165, 1.54) is 11.2 Å². The van der Waals surface area contributed by atoms with E-state index in [0.717, 1.165) is 16.8 Å². The highest BCUT2D eigenvalue weighted by molar-refractivity contribution is 7.89. The fourth-order valence-corrected chi connectivity index (χ4v) is 5.05. The van der Waals surface area contributed by atoms with Crippen LogP contribution in [0.3, 0.4) is 0 Å². The highest BCUT2D eigenvalue weighted by Gasteiger charge is 2.28. The van der Waals surface area contributed by atoms with Gasteiger partial charge in [-0.3, -0.25) is 4.79 Å². The highest BCUT2D eigenvalue weighted by atomic mass is 32.2. The summed E-state index contributed by atoms with van der Waals surface area (Å²) in [5, 5.41) is 0. The summed E-state index contributed by atoms with van der Waals surface area (Å²) in [6.45, 7) is 4.45. The number of ether oxygens (including phenoxy) is 2. The molecule has 0 fully saturated rings. The molecular formula is C21H26N2O5S. The van der Waals surface area contributed by atoms with Gasteiger partial charge in [0.15, 0.2) is 11.5 Å². The van der Waals surface area contributed by atoms with Crippen LogP contribution in [-0.2, 0) is 27.8 Å². The molecule has 0 radical (unpaired) electrons. The normalized spacial score (nSPS) is 13.5. The summed E-state index contributed by atoms with van der Waals surface area (Å²) in [6.07, 6.45) is 0.653. The molecule has 2 aromatic carbocycles. The largest absolute Gasteiger partial charge is 0.493 e. The molecule has 7 nitrogen and oxygen atoms in total. The Morgan fingerprint density at radius 3 is 2.45 bits per heavy atom. The fraction of sp³-hybridized carbons (Fsp3) is 0.381. The summed E-state index contributed by atoms with van der Waals surface area (Å²) in [6, 6.07) is 10.4. The molecule has 0 spiro atoms. The Hall–Kier alpha value is -2.58. The van der Waals surface area contributed by atoms with E-state index in [1.54, 1.807) is 49.5 Å². The number of methoxy groups -OCH3 is 2. The zero-order chi connectivity index (χ0) is 21.2. The number of fused-ring (bicyclic) bond motifs is 1. The summed E-state index contributed by atoms with van der Waals surface area (Å²) in [5.74, 6) is 1.11. The van der Waals surface area contributed by atoms with Gasteiger partial charge in [-0.05, 0) is 47.9 Å². The molecule has 1 amide bonds. The van der Waals surface area contributed by atoms with Crippen LogP contribution in [0.4, 0.5) is 5.69 Å². The van der Waals surface area contributed by atoms with Crippen molar-refractivity contribution in [1.82, 2.24) is 4.31 Å². The second kappa shape index (κ2) is 8.42. The van der Waals surface area contributed by atoms with Crippen LogP contribution >= 0.6 is 0 Å². The quantitative estimate of drug-likeness (QED) is 0.691. The number of amides is 1. The molecule has 29 heavy (non-hydrogen) atoms. The molecule has 1 aliphatic heterocycles. The van der Waals surface area contributed by atoms with E-state index in [9.17, 15) is 13.2 Å². The van der Waals surface area contributed by atoms with Gasteiger partial charge in [0.05, 0.1) is 19.1 Å². The molecule has 2 aromatic rings. The average molecular weight is 419 g/mol. The van der Waals surface area contributed by atoms with E-state index >= 15 is 0 Å². The summed E-state index contributed by atoms with van der Waals surface area (Å²) >= 11 is 0. The van der Waals surface area contributed by atoms with Crippen molar-refractivity contribution in [1.29, 1.82) is 0 Å². The Kier molecular flexibility index (Phi) is 6.14. The minimum absolute atomic E-state index is 0.0389. The molecule has 0 saturated carbocycles. The molecule has 156 valence electrons. The van der Waals surface area contributed by atoms with Crippen molar-refractivity contribution in [3.8, 4) is 11.5 Å². The lowest BCUT2D eigenvalue weighted by atomic mass is 10.2. The third kappa shape index (κ3) is 4.09. The van der Waals surface area contributed by atoms with Gasteiger partial charge < -0.3 is 14.4 Å². The van der Waals surface area contributed by atoms with Crippen molar-refractivity contribution >= 4 is 21.6 Å². The Balaban J connectivity index is 1.89. The van der Waals surface area contributed by atoms with Crippen molar-refractivity contribution in [2.45, 2.75) is 31.7 Å². The van der Waals surface area contributed by atoms with Crippen LogP contribution in [0, 0.1) is 0 Å². The Morgan fingerprint density at radius 2 is 1.83 bits per heavy atom. The van der Waals surface area contributed by atoms with Crippen molar-refractivity contribution in [2.24, 2.45) is 0 Å². The van der Waals surface area contributed by atoms with E-state index in [4.69, 9.17) is 9.47 Å². The zero-order valence-corrected chi connectivity index (χ0v) is 18.0. The first-order valence-corrected chi connectivity index (χ1v) is 10.9. The van der Waals surface area contributed by atoms with E-state index in [1.807, 2.05) is 13.0 Å². The van der Waals surface area contributed by atoms with Crippen LogP contribution in [0.5, 0.6) is 11.5 Å². The summed E-state index contributed by atoms with van der Waals surface area (Å²) in [4.78, 5) is 13.6. The molecular weight excluding hydrogens is 392 g/mol. The van der Waals surface area contributed by atoms with Crippen molar-refractivity contribution in [3.63, 3.8) is 0 Å². The van der Waals surface area contributed by atoms with Gasteiger partial charge >= 0.3 is 0 Å². The van der Waals surface area contributed by atoms with Crippen LogP contribution in [0.15, 0.2) is 41.3 Å². The smallest absolute Gasteiger partial charge is 0.243 e. The van der Waals surface area contributed by atoms with Gasteiger partial charge in [-0.15, -0.1) is 0 Å². The van der Waals surface area contributed by atoms with Crippen LogP contribution in [-0.4, -0.2) is 45.9 Å². The van der Waals surface area contributed by atoms with Crippen LogP contribution < -0.4 is 14.4 Å². The van der Waals surface area contributed by atoms with E-state index in [-0.39, 0.29) is 17.3 Å². The molecule has 0 atom stereocenters. The third-order valence-electron chi connectivity index (χ3n) is 5.12. The highest BCUT2D eigenvalue weighted by Crippen LogP contribution is 2.32. The van der Waals surface area contributed by atoms with E-state index in [0.29, 0.717) is 31.0 Å². The number of carbonyl (C=O) groups excluding carboxylic acids is 1. The minimum Gasteiger partial charge on any atom is -0.493 e. The van der Waals surface area contributed by atoms with Gasteiger partial charge in [-0.2, -0.15) is 4.31 Å². The topological polar surface area (TPSA) is 76.2 Å².